The number of imidazole rings is 1. The molecule has 0 spiro atoms. The Labute approximate surface area is 193 Å². The van der Waals surface area contributed by atoms with Crippen molar-refractivity contribution in [2.75, 3.05) is 11.9 Å². The van der Waals surface area contributed by atoms with Crippen molar-refractivity contribution < 1.29 is 0 Å². The molecule has 0 unspecified atom stereocenters. The molecule has 1 aliphatic heterocycles. The van der Waals surface area contributed by atoms with Gasteiger partial charge in [-0.3, -0.25) is 4.99 Å². The largest absolute Gasteiger partial charge is 0.339 e. The van der Waals surface area contributed by atoms with Gasteiger partial charge >= 0.3 is 0 Å². The minimum atomic E-state index is -0.347. The molecule has 5 aromatic rings. The molecular formula is C29H24N4. The SMILES string of the molecule is c1ccc(C(CN=C2Nc3cccc4cccc2c34)(Cn2ccnc2)c2ccccc2)cc1. The number of nitrogens with one attached hydrogen (secondary N) is 1. The molecule has 0 saturated carbocycles. The highest BCUT2D eigenvalue weighted by Crippen LogP contribution is 2.37. The second kappa shape index (κ2) is 8.06. The van der Waals surface area contributed by atoms with Crippen LogP contribution in [0.4, 0.5) is 5.69 Å². The monoisotopic (exact) mass is 428 g/mol. The van der Waals surface area contributed by atoms with Crippen LogP contribution in [0.1, 0.15) is 16.7 Å². The number of amidine groups is 1. The van der Waals surface area contributed by atoms with E-state index < -0.39 is 0 Å². The molecule has 1 aromatic heterocycles. The highest BCUT2D eigenvalue weighted by molar-refractivity contribution is 6.26. The topological polar surface area (TPSA) is 42.2 Å². The molecule has 0 aliphatic carbocycles. The lowest BCUT2D eigenvalue weighted by molar-refractivity contribution is 0.440. The van der Waals surface area contributed by atoms with Crippen LogP contribution in [0.5, 0.6) is 0 Å². The van der Waals surface area contributed by atoms with E-state index in [-0.39, 0.29) is 5.41 Å². The van der Waals surface area contributed by atoms with Crippen molar-refractivity contribution >= 4 is 22.3 Å². The second-order valence-electron chi connectivity index (χ2n) is 8.55. The van der Waals surface area contributed by atoms with E-state index >= 15 is 0 Å². The number of anilines is 1. The van der Waals surface area contributed by atoms with Crippen LogP contribution in [-0.2, 0) is 12.0 Å². The first-order chi connectivity index (χ1) is 16.3. The van der Waals surface area contributed by atoms with E-state index in [1.807, 2.05) is 18.7 Å². The lowest BCUT2D eigenvalue weighted by Gasteiger charge is -2.34. The van der Waals surface area contributed by atoms with Gasteiger partial charge in [-0.2, -0.15) is 0 Å². The van der Waals surface area contributed by atoms with Gasteiger partial charge in [-0.1, -0.05) is 91.0 Å². The fourth-order valence-corrected chi connectivity index (χ4v) is 4.96. The fourth-order valence-electron chi connectivity index (χ4n) is 4.96. The van der Waals surface area contributed by atoms with Crippen LogP contribution < -0.4 is 5.32 Å². The maximum absolute atomic E-state index is 5.24. The number of hydrogen-bond donors (Lipinski definition) is 1. The maximum Gasteiger partial charge on any atom is 0.133 e. The number of hydrogen-bond acceptors (Lipinski definition) is 2. The Kier molecular flexibility index (Phi) is 4.76. The van der Waals surface area contributed by atoms with Gasteiger partial charge in [0.05, 0.1) is 18.3 Å². The predicted molar refractivity (Wildman–Crippen MR) is 135 cm³/mol. The standard InChI is InChI=1S/C29H24N4/c1-3-11-23(12-4-1)29(20-33-18-17-30-21-33,24-13-5-2-6-14-24)19-31-28-25-15-7-9-22-10-8-16-26(32-28)27(22)25/h1-18,21H,19-20H2,(H,31,32). The first-order valence-electron chi connectivity index (χ1n) is 11.2. The number of benzene rings is 4. The van der Waals surface area contributed by atoms with Crippen LogP contribution in [0.2, 0.25) is 0 Å². The van der Waals surface area contributed by atoms with E-state index in [4.69, 9.17) is 4.99 Å². The molecule has 0 saturated heterocycles. The van der Waals surface area contributed by atoms with E-state index in [0.29, 0.717) is 6.54 Å². The number of aliphatic imine (C=N–C) groups is 1. The van der Waals surface area contributed by atoms with Gasteiger partial charge in [0.25, 0.3) is 0 Å². The van der Waals surface area contributed by atoms with Gasteiger partial charge < -0.3 is 9.88 Å². The summed E-state index contributed by atoms with van der Waals surface area (Å²) in [5.41, 5.74) is 4.42. The minimum absolute atomic E-state index is 0.347. The van der Waals surface area contributed by atoms with Crippen LogP contribution in [0, 0.1) is 0 Å². The summed E-state index contributed by atoms with van der Waals surface area (Å²) in [6.07, 6.45) is 5.75. The molecule has 0 fully saturated rings. The van der Waals surface area contributed by atoms with Crippen molar-refractivity contribution in [3.8, 4) is 0 Å². The molecule has 2 heterocycles. The van der Waals surface area contributed by atoms with E-state index in [1.165, 1.54) is 27.5 Å². The lowest BCUT2D eigenvalue weighted by atomic mass is 9.74. The molecule has 0 atom stereocenters. The molecule has 4 heteroatoms. The highest BCUT2D eigenvalue weighted by atomic mass is 15.1. The van der Waals surface area contributed by atoms with E-state index in [2.05, 4.69) is 112 Å². The van der Waals surface area contributed by atoms with Crippen molar-refractivity contribution in [2.24, 2.45) is 4.99 Å². The smallest absolute Gasteiger partial charge is 0.133 e. The summed E-state index contributed by atoms with van der Waals surface area (Å²) < 4.78 is 2.15. The Hall–Kier alpha value is -4.18. The van der Waals surface area contributed by atoms with Crippen LogP contribution in [0.25, 0.3) is 10.8 Å². The first kappa shape index (κ1) is 19.5. The second-order valence-corrected chi connectivity index (χ2v) is 8.55. The van der Waals surface area contributed by atoms with Gasteiger partial charge in [-0.25, -0.2) is 4.98 Å². The third kappa shape index (κ3) is 3.40. The molecule has 1 N–H and O–H groups in total. The Morgan fingerprint density at radius 3 is 2.15 bits per heavy atom. The zero-order valence-electron chi connectivity index (χ0n) is 18.2. The van der Waals surface area contributed by atoms with Crippen LogP contribution in [0.15, 0.2) is 121 Å². The van der Waals surface area contributed by atoms with Gasteiger partial charge in [0, 0.05) is 35.6 Å². The van der Waals surface area contributed by atoms with Gasteiger partial charge in [0.1, 0.15) is 5.84 Å². The van der Waals surface area contributed by atoms with Crippen LogP contribution >= 0.6 is 0 Å². The quantitative estimate of drug-likeness (QED) is 0.366. The van der Waals surface area contributed by atoms with Crippen molar-refractivity contribution in [2.45, 2.75) is 12.0 Å². The van der Waals surface area contributed by atoms with Crippen LogP contribution in [0.3, 0.4) is 0 Å². The number of nitrogens with zero attached hydrogens (tertiary/aromatic N) is 3. The van der Waals surface area contributed by atoms with Crippen LogP contribution in [-0.4, -0.2) is 21.9 Å². The molecule has 4 nitrogen and oxygen atoms in total. The van der Waals surface area contributed by atoms with Gasteiger partial charge in [0.2, 0.25) is 0 Å². The van der Waals surface area contributed by atoms with Crippen molar-refractivity contribution in [1.29, 1.82) is 0 Å². The summed E-state index contributed by atoms with van der Waals surface area (Å²) in [4.78, 5) is 9.54. The first-order valence-corrected chi connectivity index (χ1v) is 11.2. The summed E-state index contributed by atoms with van der Waals surface area (Å²) in [7, 11) is 0. The zero-order chi connectivity index (χ0) is 22.1. The third-order valence-corrected chi connectivity index (χ3v) is 6.58. The summed E-state index contributed by atoms with van der Waals surface area (Å²) >= 11 is 0. The molecular weight excluding hydrogens is 404 g/mol. The average molecular weight is 429 g/mol. The molecule has 0 bridgehead atoms. The Morgan fingerprint density at radius 2 is 1.48 bits per heavy atom. The normalized spacial score (nSPS) is 14.0. The summed E-state index contributed by atoms with van der Waals surface area (Å²) in [6, 6.07) is 34.2. The molecule has 4 aromatic carbocycles. The van der Waals surface area contributed by atoms with E-state index in [1.54, 1.807) is 0 Å². The summed E-state index contributed by atoms with van der Waals surface area (Å²) in [5, 5.41) is 6.06. The molecule has 33 heavy (non-hydrogen) atoms. The van der Waals surface area contributed by atoms with Gasteiger partial charge in [-0.15, -0.1) is 0 Å². The summed E-state index contributed by atoms with van der Waals surface area (Å²) in [5.74, 6) is 0.934. The zero-order valence-corrected chi connectivity index (χ0v) is 18.2. The third-order valence-electron chi connectivity index (χ3n) is 6.58. The fraction of sp³-hybridized carbons (Fsp3) is 0.103. The predicted octanol–water partition coefficient (Wildman–Crippen LogP) is 5.89. The van der Waals surface area contributed by atoms with Crippen molar-refractivity contribution in [3.05, 3.63) is 132 Å². The lowest BCUT2D eigenvalue weighted by Crippen LogP contribution is -2.36. The molecule has 0 amide bonds. The molecule has 0 radical (unpaired) electrons. The molecule has 1 aliphatic rings. The highest BCUT2D eigenvalue weighted by Gasteiger charge is 2.35. The molecule has 6 rings (SSSR count). The van der Waals surface area contributed by atoms with Gasteiger partial charge in [-0.05, 0) is 22.6 Å². The van der Waals surface area contributed by atoms with Gasteiger partial charge in [0.15, 0.2) is 0 Å². The Morgan fingerprint density at radius 1 is 0.788 bits per heavy atom. The van der Waals surface area contributed by atoms with Crippen molar-refractivity contribution in [1.82, 2.24) is 9.55 Å². The Balaban J connectivity index is 1.50. The Bertz CT molecular complexity index is 1380. The van der Waals surface area contributed by atoms with E-state index in [9.17, 15) is 0 Å². The maximum atomic E-state index is 5.24. The minimum Gasteiger partial charge on any atom is -0.339 e. The average Bonchev–Trinajstić information content (AvgIpc) is 3.52. The summed E-state index contributed by atoms with van der Waals surface area (Å²) in [6.45, 7) is 1.35. The number of aromatic nitrogens is 2. The van der Waals surface area contributed by atoms with Crippen molar-refractivity contribution in [3.63, 3.8) is 0 Å². The molecule has 160 valence electrons. The number of rotatable bonds is 6. The van der Waals surface area contributed by atoms with E-state index in [0.717, 1.165) is 18.1 Å².